The van der Waals surface area contributed by atoms with Gasteiger partial charge in [-0.25, -0.2) is 9.78 Å². The van der Waals surface area contributed by atoms with Crippen molar-refractivity contribution in [2.45, 2.75) is 12.0 Å². The lowest BCUT2D eigenvalue weighted by molar-refractivity contribution is 0.0551. The molecule has 1 atom stereocenters. The summed E-state index contributed by atoms with van der Waals surface area (Å²) in [5.74, 6) is -0.121. The highest BCUT2D eigenvalue weighted by atomic mass is 32.1. The number of likely N-dealkylation sites (tertiary alicyclic amines) is 1. The molecule has 0 aromatic carbocycles. The quantitative estimate of drug-likeness (QED) is 0.831. The van der Waals surface area contributed by atoms with Gasteiger partial charge in [0.05, 0.1) is 13.1 Å². The monoisotopic (exact) mass is 344 g/mol. The molecule has 8 heteroatoms. The van der Waals surface area contributed by atoms with Gasteiger partial charge in [-0.2, -0.15) is 0 Å². The third-order valence-electron chi connectivity index (χ3n) is 4.38. The molecule has 2 aromatic rings. The second kappa shape index (κ2) is 5.55. The van der Waals surface area contributed by atoms with E-state index >= 15 is 0 Å². The van der Waals surface area contributed by atoms with E-state index in [4.69, 9.17) is 4.74 Å². The zero-order chi connectivity index (χ0) is 16.7. The SMILES string of the molecule is CN1C[C@]2(CCN(C(=O)c3csc(-c4cccnc4)n3)C2)OC1=O. The molecule has 0 radical (unpaired) electrons. The van der Waals surface area contributed by atoms with Crippen LogP contribution in [0.2, 0.25) is 0 Å². The van der Waals surface area contributed by atoms with E-state index in [0.29, 0.717) is 31.7 Å². The number of hydrogen-bond donors (Lipinski definition) is 0. The van der Waals surface area contributed by atoms with Crippen LogP contribution < -0.4 is 0 Å². The maximum Gasteiger partial charge on any atom is 0.410 e. The van der Waals surface area contributed by atoms with Crippen LogP contribution in [0.4, 0.5) is 4.79 Å². The first-order valence-electron chi connectivity index (χ1n) is 7.66. The lowest BCUT2D eigenvalue weighted by atomic mass is 10.0. The van der Waals surface area contributed by atoms with Crippen molar-refractivity contribution < 1.29 is 14.3 Å². The number of nitrogens with zero attached hydrogens (tertiary/aromatic N) is 4. The van der Waals surface area contributed by atoms with Crippen molar-refractivity contribution in [1.82, 2.24) is 19.8 Å². The number of carbonyl (C=O) groups excluding carboxylic acids is 2. The molecule has 2 fully saturated rings. The molecule has 2 saturated heterocycles. The Labute approximate surface area is 142 Å². The molecule has 0 N–H and O–H groups in total. The molecular weight excluding hydrogens is 328 g/mol. The van der Waals surface area contributed by atoms with E-state index in [1.165, 1.54) is 11.3 Å². The zero-order valence-corrected chi connectivity index (χ0v) is 14.0. The second-order valence-corrected chi connectivity index (χ2v) is 7.02. The van der Waals surface area contributed by atoms with Crippen LogP contribution in [0.1, 0.15) is 16.9 Å². The maximum atomic E-state index is 12.7. The molecular formula is C16H16N4O3S. The van der Waals surface area contributed by atoms with Crippen LogP contribution >= 0.6 is 11.3 Å². The van der Waals surface area contributed by atoms with E-state index in [1.807, 2.05) is 12.1 Å². The van der Waals surface area contributed by atoms with Crippen molar-refractivity contribution in [2.75, 3.05) is 26.7 Å². The van der Waals surface area contributed by atoms with Crippen molar-refractivity contribution in [2.24, 2.45) is 0 Å². The first kappa shape index (κ1) is 15.1. The fourth-order valence-electron chi connectivity index (χ4n) is 3.18. The smallest absolute Gasteiger partial charge is 0.410 e. The predicted octanol–water partition coefficient (Wildman–Crippen LogP) is 1.87. The Hall–Kier alpha value is -2.48. The van der Waals surface area contributed by atoms with Crippen molar-refractivity contribution in [3.05, 3.63) is 35.6 Å². The summed E-state index contributed by atoms with van der Waals surface area (Å²) >= 11 is 1.42. The number of ether oxygens (including phenoxy) is 1. The van der Waals surface area contributed by atoms with Crippen LogP contribution in [0.25, 0.3) is 10.6 Å². The molecule has 0 aliphatic carbocycles. The van der Waals surface area contributed by atoms with Crippen molar-refractivity contribution >= 4 is 23.3 Å². The van der Waals surface area contributed by atoms with Crippen LogP contribution in [0.5, 0.6) is 0 Å². The van der Waals surface area contributed by atoms with Crippen molar-refractivity contribution in [3.63, 3.8) is 0 Å². The molecule has 2 aromatic heterocycles. The van der Waals surface area contributed by atoms with Gasteiger partial charge in [0.1, 0.15) is 10.7 Å². The van der Waals surface area contributed by atoms with Gasteiger partial charge >= 0.3 is 6.09 Å². The predicted molar refractivity (Wildman–Crippen MR) is 87.7 cm³/mol. The van der Waals surface area contributed by atoms with E-state index in [1.54, 1.807) is 34.6 Å². The number of rotatable bonds is 2. The lowest BCUT2D eigenvalue weighted by Gasteiger charge is -2.21. The maximum absolute atomic E-state index is 12.7. The number of thiazole rings is 1. The summed E-state index contributed by atoms with van der Waals surface area (Å²) in [7, 11) is 1.71. The molecule has 2 aliphatic heterocycles. The largest absolute Gasteiger partial charge is 0.439 e. The molecule has 0 unspecified atom stereocenters. The number of aromatic nitrogens is 2. The lowest BCUT2D eigenvalue weighted by Crippen LogP contribution is -2.39. The van der Waals surface area contributed by atoms with E-state index in [9.17, 15) is 9.59 Å². The summed E-state index contributed by atoms with van der Waals surface area (Å²) in [4.78, 5) is 36.1. The van der Waals surface area contributed by atoms with E-state index < -0.39 is 5.60 Å². The normalized spacial score (nSPS) is 23.1. The van der Waals surface area contributed by atoms with Crippen molar-refractivity contribution in [1.29, 1.82) is 0 Å². The van der Waals surface area contributed by atoms with Gasteiger partial charge in [-0.05, 0) is 12.1 Å². The average molecular weight is 344 g/mol. The van der Waals surface area contributed by atoms with Gasteiger partial charge in [0, 0.05) is 43.4 Å². The van der Waals surface area contributed by atoms with Crippen LogP contribution in [-0.2, 0) is 4.74 Å². The summed E-state index contributed by atoms with van der Waals surface area (Å²) in [6.07, 6.45) is 3.77. The fourth-order valence-corrected chi connectivity index (χ4v) is 3.96. The molecule has 0 bridgehead atoms. The molecule has 4 heterocycles. The third-order valence-corrected chi connectivity index (χ3v) is 5.27. The molecule has 0 saturated carbocycles. The topological polar surface area (TPSA) is 75.6 Å². The molecule has 4 rings (SSSR count). The molecule has 2 aliphatic rings. The fraction of sp³-hybridized carbons (Fsp3) is 0.375. The molecule has 1 spiro atoms. The summed E-state index contributed by atoms with van der Waals surface area (Å²) in [5.41, 5.74) is 0.753. The van der Waals surface area contributed by atoms with E-state index in [-0.39, 0.29) is 12.0 Å². The first-order chi connectivity index (χ1) is 11.6. The first-order valence-corrected chi connectivity index (χ1v) is 8.54. The summed E-state index contributed by atoms with van der Waals surface area (Å²) in [5, 5.41) is 2.54. The Kier molecular flexibility index (Phi) is 3.49. The Morgan fingerprint density at radius 1 is 1.42 bits per heavy atom. The van der Waals surface area contributed by atoms with E-state index in [0.717, 1.165) is 10.6 Å². The summed E-state index contributed by atoms with van der Waals surface area (Å²) < 4.78 is 5.48. The average Bonchev–Trinajstić information content (AvgIpc) is 3.28. The van der Waals surface area contributed by atoms with Crippen LogP contribution in [0.15, 0.2) is 29.9 Å². The zero-order valence-electron chi connectivity index (χ0n) is 13.1. The third kappa shape index (κ3) is 2.52. The van der Waals surface area contributed by atoms with Crippen LogP contribution in [0.3, 0.4) is 0 Å². The Morgan fingerprint density at radius 2 is 2.29 bits per heavy atom. The van der Waals surface area contributed by atoms with E-state index in [2.05, 4.69) is 9.97 Å². The van der Waals surface area contributed by atoms with Gasteiger partial charge in [-0.15, -0.1) is 11.3 Å². The number of pyridine rings is 1. The van der Waals surface area contributed by atoms with Gasteiger partial charge in [-0.3, -0.25) is 9.78 Å². The standard InChI is InChI=1S/C16H16N4O3S/c1-19-9-16(23-15(19)22)4-6-20(10-16)14(21)12-8-24-13(18-12)11-3-2-5-17-7-11/h2-3,5,7-8H,4,6,9-10H2,1H3/t16-/m0/s1. The summed E-state index contributed by atoms with van der Waals surface area (Å²) in [6.45, 7) is 1.51. The van der Waals surface area contributed by atoms with Gasteiger partial charge in [0.15, 0.2) is 5.60 Å². The molecule has 124 valence electrons. The molecule has 7 nitrogen and oxygen atoms in total. The highest BCUT2D eigenvalue weighted by Gasteiger charge is 2.49. The second-order valence-electron chi connectivity index (χ2n) is 6.16. The van der Waals surface area contributed by atoms with Crippen molar-refractivity contribution in [3.8, 4) is 10.6 Å². The van der Waals surface area contributed by atoms with Gasteiger partial charge < -0.3 is 14.5 Å². The van der Waals surface area contributed by atoms with Gasteiger partial charge in [0.2, 0.25) is 0 Å². The Balaban J connectivity index is 1.49. The Morgan fingerprint density at radius 3 is 3.00 bits per heavy atom. The Bertz CT molecular complexity index is 794. The van der Waals surface area contributed by atoms with Gasteiger partial charge in [-0.1, -0.05) is 0 Å². The molecule has 24 heavy (non-hydrogen) atoms. The number of hydrogen-bond acceptors (Lipinski definition) is 6. The minimum atomic E-state index is -0.566. The minimum Gasteiger partial charge on any atom is -0.439 e. The molecule has 2 amide bonds. The van der Waals surface area contributed by atoms with Crippen LogP contribution in [-0.4, -0.2) is 64.1 Å². The van der Waals surface area contributed by atoms with Gasteiger partial charge in [0.25, 0.3) is 5.91 Å². The summed E-state index contributed by atoms with van der Waals surface area (Å²) in [6, 6.07) is 3.76. The number of likely N-dealkylation sites (N-methyl/N-ethyl adjacent to an activating group) is 1. The highest BCUT2D eigenvalue weighted by Crippen LogP contribution is 2.33. The number of amides is 2. The van der Waals surface area contributed by atoms with Crippen LogP contribution in [0, 0.1) is 0 Å². The minimum absolute atomic E-state index is 0.121. The number of carbonyl (C=O) groups is 2. The highest BCUT2D eigenvalue weighted by molar-refractivity contribution is 7.13.